The maximum atomic E-state index is 10.9. The average molecular weight is 471 g/mol. The van der Waals surface area contributed by atoms with Crippen molar-refractivity contribution in [3.05, 3.63) is 83.9 Å². The fourth-order valence-corrected chi connectivity index (χ4v) is 4.66. The van der Waals surface area contributed by atoms with Gasteiger partial charge >= 0.3 is 14.2 Å². The van der Waals surface area contributed by atoms with Crippen LogP contribution in [0.4, 0.5) is 0 Å². The molecule has 0 aromatic heterocycles. The molecule has 3 aromatic rings. The highest BCUT2D eigenvalue weighted by Gasteiger charge is 2.46. The van der Waals surface area contributed by atoms with Crippen LogP contribution < -0.4 is 20.4 Å². The van der Waals surface area contributed by atoms with E-state index in [0.29, 0.717) is 28.8 Å². The lowest BCUT2D eigenvalue weighted by molar-refractivity contribution is -0.00715. The van der Waals surface area contributed by atoms with E-state index >= 15 is 0 Å². The van der Waals surface area contributed by atoms with Crippen molar-refractivity contribution in [2.45, 2.75) is 31.0 Å². The van der Waals surface area contributed by atoms with Crippen molar-refractivity contribution >= 4 is 25.2 Å². The first-order chi connectivity index (χ1) is 17.0. The molecule has 35 heavy (non-hydrogen) atoms. The van der Waals surface area contributed by atoms with E-state index in [1.54, 1.807) is 50.6 Å². The number of benzene rings is 3. The van der Waals surface area contributed by atoms with E-state index in [9.17, 15) is 15.3 Å². The van der Waals surface area contributed by atoms with Crippen molar-refractivity contribution in [2.24, 2.45) is 0 Å². The van der Waals surface area contributed by atoms with E-state index in [1.807, 2.05) is 36.4 Å². The third-order valence-corrected chi connectivity index (χ3v) is 6.32. The van der Waals surface area contributed by atoms with Crippen molar-refractivity contribution in [3.8, 4) is 17.6 Å². The molecule has 0 heterocycles. The number of ether oxygens (including phenoxy) is 2. The first kappa shape index (κ1) is 24.8. The Hall–Kier alpha value is -3.28. The number of rotatable bonds is 9. The smallest absolute Gasteiger partial charge is 0.491 e. The van der Waals surface area contributed by atoms with Gasteiger partial charge in [0.2, 0.25) is 0 Å². The van der Waals surface area contributed by atoms with Crippen molar-refractivity contribution in [3.63, 3.8) is 0 Å². The number of hydrogen-bond acceptors (Lipinski definition) is 7. The number of nitrogens with zero attached hydrogens (tertiary/aromatic N) is 1. The number of hydrogen-bond donors (Lipinski definition) is 2. The van der Waals surface area contributed by atoms with Gasteiger partial charge in [0.25, 0.3) is 0 Å². The molecule has 0 aliphatic heterocycles. The van der Waals surface area contributed by atoms with Crippen molar-refractivity contribution in [1.29, 1.82) is 5.26 Å². The molecule has 0 fully saturated rings. The van der Waals surface area contributed by atoms with Crippen LogP contribution in [0.25, 0.3) is 0 Å². The Bertz CT molecular complexity index is 1170. The molecule has 0 spiro atoms. The Kier molecular flexibility index (Phi) is 7.79. The Balaban J connectivity index is 1.77. The molecule has 0 unspecified atom stereocenters. The van der Waals surface area contributed by atoms with Crippen LogP contribution >= 0.6 is 0 Å². The molecular weight excluding hydrogens is 444 g/mol. The van der Waals surface area contributed by atoms with E-state index in [2.05, 4.69) is 6.07 Å². The zero-order chi connectivity index (χ0) is 24.8. The highest BCUT2D eigenvalue weighted by Crippen LogP contribution is 2.48. The minimum Gasteiger partial charge on any atom is -0.496 e. The van der Waals surface area contributed by atoms with Gasteiger partial charge in [-0.2, -0.15) is 5.26 Å². The van der Waals surface area contributed by atoms with Crippen molar-refractivity contribution in [2.75, 3.05) is 14.2 Å². The molecular formula is C26H27B2NO6. The maximum Gasteiger partial charge on any atom is 0.491 e. The van der Waals surface area contributed by atoms with Crippen LogP contribution in [0.15, 0.2) is 72.8 Å². The lowest BCUT2D eigenvalue weighted by atomic mass is 9.71. The highest BCUT2D eigenvalue weighted by molar-refractivity contribution is 6.60. The second-order valence-electron chi connectivity index (χ2n) is 8.53. The standard InChI is InChI=1S/C26H27B2NO6/c1-32-22-13-14-23(33-2)25-21(22)17-26(15-16-29,35-28(31)20-11-7-4-8-12-20)18-24(25)34-27(30)19-9-5-3-6-10-19/h3-14,24,30-31H,15,17-18H2,1-2H3/t24-,26-/m0/s1. The molecule has 2 N–H and O–H groups in total. The third-order valence-electron chi connectivity index (χ3n) is 6.32. The molecule has 4 rings (SSSR count). The summed E-state index contributed by atoms with van der Waals surface area (Å²) in [4.78, 5) is 0. The number of methoxy groups -OCH3 is 2. The van der Waals surface area contributed by atoms with Gasteiger partial charge in [-0.15, -0.1) is 0 Å². The van der Waals surface area contributed by atoms with Crippen LogP contribution in [-0.4, -0.2) is 44.1 Å². The largest absolute Gasteiger partial charge is 0.496 e. The summed E-state index contributed by atoms with van der Waals surface area (Å²) < 4.78 is 23.7. The molecule has 0 radical (unpaired) electrons. The van der Waals surface area contributed by atoms with E-state index in [1.165, 1.54) is 0 Å². The lowest BCUT2D eigenvalue weighted by Crippen LogP contribution is -2.50. The van der Waals surface area contributed by atoms with Crippen molar-refractivity contribution in [1.82, 2.24) is 0 Å². The Labute approximate surface area is 206 Å². The SMILES string of the molecule is COc1ccc(OC)c2c1C[C@](CC#N)(OB(O)c1ccccc1)C[C@@H]2OB(O)c1ccccc1. The van der Waals surface area contributed by atoms with Gasteiger partial charge in [-0.25, -0.2) is 0 Å². The zero-order valence-electron chi connectivity index (χ0n) is 19.8. The highest BCUT2D eigenvalue weighted by atomic mass is 16.5. The van der Waals surface area contributed by atoms with E-state index < -0.39 is 25.9 Å². The zero-order valence-corrected chi connectivity index (χ0v) is 19.8. The monoisotopic (exact) mass is 471 g/mol. The molecule has 1 aliphatic carbocycles. The van der Waals surface area contributed by atoms with Gasteiger partial charge in [0.15, 0.2) is 0 Å². The summed E-state index contributed by atoms with van der Waals surface area (Å²) in [5, 5.41) is 31.5. The molecule has 1 aliphatic rings. The van der Waals surface area contributed by atoms with Crippen molar-refractivity contribution < 1.29 is 28.8 Å². The van der Waals surface area contributed by atoms with Crippen LogP contribution in [0.3, 0.4) is 0 Å². The van der Waals surface area contributed by atoms with E-state index in [-0.39, 0.29) is 12.8 Å². The summed E-state index contributed by atoms with van der Waals surface area (Å²) in [6.07, 6.45) is -0.194. The summed E-state index contributed by atoms with van der Waals surface area (Å²) in [6.45, 7) is 0. The molecule has 7 nitrogen and oxygen atoms in total. The molecule has 2 atom stereocenters. The predicted octanol–water partition coefficient (Wildman–Crippen LogP) is 2.15. The van der Waals surface area contributed by atoms with Gasteiger partial charge in [-0.1, -0.05) is 60.7 Å². The molecule has 9 heteroatoms. The predicted molar refractivity (Wildman–Crippen MR) is 134 cm³/mol. The normalized spacial score (nSPS) is 18.8. The summed E-state index contributed by atoms with van der Waals surface area (Å²) in [5.41, 5.74) is 1.55. The van der Waals surface area contributed by atoms with Crippen LogP contribution in [0, 0.1) is 11.3 Å². The third kappa shape index (κ3) is 5.37. The molecule has 0 amide bonds. The first-order valence-corrected chi connectivity index (χ1v) is 11.4. The molecule has 178 valence electrons. The average Bonchev–Trinajstić information content (AvgIpc) is 2.89. The quantitative estimate of drug-likeness (QED) is 0.462. The van der Waals surface area contributed by atoms with E-state index in [0.717, 1.165) is 11.1 Å². The van der Waals surface area contributed by atoms with Crippen LogP contribution in [0.2, 0.25) is 0 Å². The fraction of sp³-hybridized carbons (Fsp3) is 0.269. The summed E-state index contributed by atoms with van der Waals surface area (Å²) in [7, 11) is 0.667. The van der Waals surface area contributed by atoms with E-state index in [4.69, 9.17) is 18.8 Å². The maximum absolute atomic E-state index is 10.9. The van der Waals surface area contributed by atoms with Gasteiger partial charge < -0.3 is 28.8 Å². The second-order valence-corrected chi connectivity index (χ2v) is 8.53. The fourth-order valence-electron chi connectivity index (χ4n) is 4.66. The Morgan fingerprint density at radius 2 is 1.46 bits per heavy atom. The van der Waals surface area contributed by atoms with Gasteiger partial charge in [0.1, 0.15) is 11.5 Å². The number of nitriles is 1. The number of fused-ring (bicyclic) bond motifs is 1. The molecule has 0 saturated carbocycles. The Morgan fingerprint density at radius 3 is 2.03 bits per heavy atom. The van der Waals surface area contributed by atoms with Crippen LogP contribution in [0.1, 0.15) is 30.1 Å². The molecule has 3 aromatic carbocycles. The van der Waals surface area contributed by atoms with Gasteiger partial charge in [-0.05, 0) is 23.1 Å². The summed E-state index contributed by atoms with van der Waals surface area (Å²) in [6, 6.07) is 23.8. The van der Waals surface area contributed by atoms with Crippen LogP contribution in [-0.2, 0) is 15.7 Å². The summed E-state index contributed by atoms with van der Waals surface area (Å²) >= 11 is 0. The molecule has 0 bridgehead atoms. The van der Waals surface area contributed by atoms with Gasteiger partial charge in [0, 0.05) is 24.0 Å². The first-order valence-electron chi connectivity index (χ1n) is 11.4. The lowest BCUT2D eigenvalue weighted by Gasteiger charge is -2.42. The molecule has 0 saturated heterocycles. The topological polar surface area (TPSA) is 101 Å². The summed E-state index contributed by atoms with van der Waals surface area (Å²) in [5.74, 6) is 1.17. The van der Waals surface area contributed by atoms with Crippen LogP contribution in [0.5, 0.6) is 11.5 Å². The Morgan fingerprint density at radius 1 is 0.886 bits per heavy atom. The second kappa shape index (κ2) is 11.0. The minimum absolute atomic E-state index is 0.00199. The van der Waals surface area contributed by atoms with Gasteiger partial charge in [-0.3, -0.25) is 0 Å². The van der Waals surface area contributed by atoms with Gasteiger partial charge in [0.05, 0.1) is 38.4 Å². The minimum atomic E-state index is -1.25.